The Kier molecular flexibility index (Phi) is 5.35. The van der Waals surface area contributed by atoms with Crippen molar-refractivity contribution in [3.05, 3.63) is 22.2 Å². The third kappa shape index (κ3) is 4.20. The molecule has 0 radical (unpaired) electrons. The maximum Gasteiger partial charge on any atom is 0.276 e. The molecule has 18 heavy (non-hydrogen) atoms. The highest BCUT2D eigenvalue weighted by Gasteiger charge is 2.12. The fraction of sp³-hybridized carbons (Fsp3) is 0.583. The second kappa shape index (κ2) is 6.78. The Morgan fingerprint density at radius 1 is 1.44 bits per heavy atom. The van der Waals surface area contributed by atoms with Crippen molar-refractivity contribution >= 4 is 17.3 Å². The maximum absolute atomic E-state index is 10.8. The van der Waals surface area contributed by atoms with Crippen molar-refractivity contribution in [3.63, 3.8) is 0 Å². The van der Waals surface area contributed by atoms with Crippen LogP contribution >= 0.6 is 0 Å². The molecule has 0 fully saturated rings. The smallest absolute Gasteiger partial charge is 0.276 e. The molecule has 1 aromatic rings. The molecule has 2 N–H and O–H groups in total. The molecule has 1 atom stereocenters. The number of hydrogen-bond donors (Lipinski definition) is 2. The molecular weight excluding hydrogens is 232 g/mol. The number of nitrogens with zero attached hydrogens (tertiary/aromatic N) is 2. The van der Waals surface area contributed by atoms with E-state index in [4.69, 9.17) is 0 Å². The van der Waals surface area contributed by atoms with E-state index in [0.717, 1.165) is 19.3 Å². The van der Waals surface area contributed by atoms with E-state index in [1.807, 2.05) is 0 Å². The van der Waals surface area contributed by atoms with E-state index in [-0.39, 0.29) is 11.7 Å². The minimum Gasteiger partial charge on any atom is -0.373 e. The lowest BCUT2D eigenvalue weighted by Crippen LogP contribution is -2.16. The first-order valence-corrected chi connectivity index (χ1v) is 6.17. The highest BCUT2D eigenvalue weighted by atomic mass is 16.6. The van der Waals surface area contributed by atoms with Crippen LogP contribution in [0.5, 0.6) is 0 Å². The largest absolute Gasteiger partial charge is 0.373 e. The summed E-state index contributed by atoms with van der Waals surface area (Å²) in [6, 6.07) is 3.13. The van der Waals surface area contributed by atoms with Crippen LogP contribution in [0.25, 0.3) is 0 Å². The van der Waals surface area contributed by atoms with Gasteiger partial charge in [-0.05, 0) is 13.3 Å². The van der Waals surface area contributed by atoms with E-state index >= 15 is 0 Å². The van der Waals surface area contributed by atoms with Crippen LogP contribution in [0.15, 0.2) is 12.1 Å². The van der Waals surface area contributed by atoms with Gasteiger partial charge in [0, 0.05) is 13.1 Å². The molecule has 6 heteroatoms. The molecule has 0 aliphatic heterocycles. The molecular formula is C12H20N4O2. The van der Waals surface area contributed by atoms with Gasteiger partial charge in [0.25, 0.3) is 5.69 Å². The zero-order valence-electron chi connectivity index (χ0n) is 11.1. The highest BCUT2D eigenvalue weighted by molar-refractivity contribution is 5.54. The standard InChI is InChI=1S/C12H20N4O2/c1-4-5-6-9(2)14-12-8-10(16(17)18)7-11(13-3)15-12/h7-9H,4-6H2,1-3H3,(H2,13,14,15). The highest BCUT2D eigenvalue weighted by Crippen LogP contribution is 2.21. The first kappa shape index (κ1) is 14.2. The van der Waals surface area contributed by atoms with Gasteiger partial charge in [-0.3, -0.25) is 10.1 Å². The minimum absolute atomic E-state index is 0.0412. The van der Waals surface area contributed by atoms with Gasteiger partial charge in [-0.25, -0.2) is 4.98 Å². The van der Waals surface area contributed by atoms with Gasteiger partial charge in [-0.2, -0.15) is 0 Å². The Balaban J connectivity index is 2.81. The van der Waals surface area contributed by atoms with Gasteiger partial charge < -0.3 is 10.6 Å². The summed E-state index contributed by atoms with van der Waals surface area (Å²) >= 11 is 0. The van der Waals surface area contributed by atoms with Crippen molar-refractivity contribution in [2.75, 3.05) is 17.7 Å². The van der Waals surface area contributed by atoms with Crippen LogP contribution in [0.3, 0.4) is 0 Å². The van der Waals surface area contributed by atoms with Crippen molar-refractivity contribution in [2.24, 2.45) is 0 Å². The Hall–Kier alpha value is -1.85. The van der Waals surface area contributed by atoms with Crippen molar-refractivity contribution in [2.45, 2.75) is 39.2 Å². The van der Waals surface area contributed by atoms with Crippen molar-refractivity contribution in [1.29, 1.82) is 0 Å². The molecule has 0 aromatic carbocycles. The topological polar surface area (TPSA) is 80.1 Å². The number of nitrogens with one attached hydrogen (secondary N) is 2. The van der Waals surface area contributed by atoms with E-state index in [1.54, 1.807) is 7.05 Å². The zero-order valence-corrected chi connectivity index (χ0v) is 11.1. The Bertz CT molecular complexity index is 409. The zero-order chi connectivity index (χ0) is 13.5. The Morgan fingerprint density at radius 2 is 2.11 bits per heavy atom. The number of hydrogen-bond acceptors (Lipinski definition) is 5. The molecule has 0 spiro atoms. The van der Waals surface area contributed by atoms with Gasteiger partial charge in [-0.1, -0.05) is 19.8 Å². The molecule has 1 rings (SSSR count). The lowest BCUT2D eigenvalue weighted by Gasteiger charge is -2.14. The minimum atomic E-state index is -0.412. The van der Waals surface area contributed by atoms with E-state index in [0.29, 0.717) is 11.6 Å². The fourth-order valence-electron chi connectivity index (χ4n) is 1.66. The number of rotatable bonds is 7. The molecule has 0 saturated carbocycles. The first-order chi connectivity index (χ1) is 8.56. The normalized spacial score (nSPS) is 11.9. The molecule has 1 aromatic heterocycles. The Labute approximate surface area is 107 Å². The van der Waals surface area contributed by atoms with Crippen LogP contribution < -0.4 is 10.6 Å². The molecule has 0 aliphatic carbocycles. The summed E-state index contributed by atoms with van der Waals surface area (Å²) in [4.78, 5) is 14.6. The summed E-state index contributed by atoms with van der Waals surface area (Å²) in [5.74, 6) is 1.03. The van der Waals surface area contributed by atoms with Crippen molar-refractivity contribution in [1.82, 2.24) is 4.98 Å². The number of aromatic nitrogens is 1. The summed E-state index contributed by atoms with van der Waals surface area (Å²) in [6.07, 6.45) is 3.29. The molecule has 0 saturated heterocycles. The number of nitro groups is 1. The van der Waals surface area contributed by atoms with Crippen LogP contribution in [-0.2, 0) is 0 Å². The molecule has 1 heterocycles. The predicted molar refractivity (Wildman–Crippen MR) is 73.0 cm³/mol. The van der Waals surface area contributed by atoms with Gasteiger partial charge in [0.2, 0.25) is 0 Å². The van der Waals surface area contributed by atoms with Crippen LogP contribution in [0.4, 0.5) is 17.3 Å². The van der Waals surface area contributed by atoms with E-state index in [2.05, 4.69) is 29.5 Å². The SMILES string of the molecule is CCCCC(C)Nc1cc([N+](=O)[O-])cc(NC)n1. The molecule has 100 valence electrons. The number of unbranched alkanes of at least 4 members (excludes halogenated alkanes) is 1. The molecule has 0 aliphatic rings. The molecule has 1 unspecified atom stereocenters. The molecule has 6 nitrogen and oxygen atoms in total. The first-order valence-electron chi connectivity index (χ1n) is 6.17. The molecule has 0 amide bonds. The monoisotopic (exact) mass is 252 g/mol. The van der Waals surface area contributed by atoms with Crippen molar-refractivity contribution in [3.8, 4) is 0 Å². The van der Waals surface area contributed by atoms with Crippen LogP contribution in [0, 0.1) is 10.1 Å². The average molecular weight is 252 g/mol. The van der Waals surface area contributed by atoms with Gasteiger partial charge in [-0.15, -0.1) is 0 Å². The summed E-state index contributed by atoms with van der Waals surface area (Å²) in [7, 11) is 1.69. The fourth-order valence-corrected chi connectivity index (χ4v) is 1.66. The lowest BCUT2D eigenvalue weighted by atomic mass is 10.1. The quantitative estimate of drug-likeness (QED) is 0.576. The lowest BCUT2D eigenvalue weighted by molar-refractivity contribution is -0.384. The van der Waals surface area contributed by atoms with E-state index < -0.39 is 4.92 Å². The van der Waals surface area contributed by atoms with Crippen LogP contribution in [0.2, 0.25) is 0 Å². The third-order valence-corrected chi connectivity index (χ3v) is 2.66. The Morgan fingerprint density at radius 3 is 2.67 bits per heavy atom. The summed E-state index contributed by atoms with van der Waals surface area (Å²) in [6.45, 7) is 4.19. The average Bonchev–Trinajstić information content (AvgIpc) is 2.35. The predicted octanol–water partition coefficient (Wildman–Crippen LogP) is 3.02. The van der Waals surface area contributed by atoms with E-state index in [1.165, 1.54) is 12.1 Å². The maximum atomic E-state index is 10.8. The second-order valence-corrected chi connectivity index (χ2v) is 4.29. The number of pyridine rings is 1. The van der Waals surface area contributed by atoms with Crippen molar-refractivity contribution < 1.29 is 4.92 Å². The molecule has 0 bridgehead atoms. The van der Waals surface area contributed by atoms with Crippen LogP contribution in [-0.4, -0.2) is 23.0 Å². The van der Waals surface area contributed by atoms with Gasteiger partial charge >= 0.3 is 0 Å². The van der Waals surface area contributed by atoms with E-state index in [9.17, 15) is 10.1 Å². The third-order valence-electron chi connectivity index (χ3n) is 2.66. The number of anilines is 2. The van der Waals surface area contributed by atoms with Gasteiger partial charge in [0.15, 0.2) is 0 Å². The van der Waals surface area contributed by atoms with Gasteiger partial charge in [0.05, 0.1) is 17.1 Å². The van der Waals surface area contributed by atoms with Crippen LogP contribution in [0.1, 0.15) is 33.1 Å². The second-order valence-electron chi connectivity index (χ2n) is 4.29. The summed E-state index contributed by atoms with van der Waals surface area (Å²) < 4.78 is 0. The summed E-state index contributed by atoms with van der Waals surface area (Å²) in [5, 5.41) is 16.8. The summed E-state index contributed by atoms with van der Waals surface area (Å²) in [5.41, 5.74) is 0.0412. The van der Waals surface area contributed by atoms with Gasteiger partial charge in [0.1, 0.15) is 11.6 Å².